The molecule has 0 spiro atoms. The Morgan fingerprint density at radius 2 is 2.20 bits per heavy atom. The zero-order valence-electron chi connectivity index (χ0n) is 11.1. The number of aromatic nitrogens is 1. The summed E-state index contributed by atoms with van der Waals surface area (Å²) in [5.41, 5.74) is 2.74. The van der Waals surface area contributed by atoms with E-state index in [1.54, 1.807) is 36.5 Å². The fourth-order valence-electron chi connectivity index (χ4n) is 1.62. The average Bonchev–Trinajstić information content (AvgIpc) is 2.48. The van der Waals surface area contributed by atoms with Gasteiger partial charge in [-0.25, -0.2) is 0 Å². The fraction of sp³-hybridized carbons (Fsp3) is 0.125. The second-order valence-electron chi connectivity index (χ2n) is 4.18. The minimum atomic E-state index is -0.219. The Labute approximate surface area is 117 Å². The molecule has 1 amide bonds. The van der Waals surface area contributed by atoms with Crippen LogP contribution in [0.5, 0.6) is 0 Å². The van der Waals surface area contributed by atoms with Gasteiger partial charge in [0.15, 0.2) is 0 Å². The van der Waals surface area contributed by atoms with Gasteiger partial charge in [-0.2, -0.15) is 0 Å². The minimum absolute atomic E-state index is 0.203. The molecule has 0 aliphatic rings. The molecule has 1 aromatic heterocycles. The van der Waals surface area contributed by atoms with Crippen molar-refractivity contribution in [1.82, 2.24) is 4.98 Å². The number of anilines is 1. The van der Waals surface area contributed by atoms with E-state index in [1.807, 2.05) is 13.0 Å². The Morgan fingerprint density at radius 3 is 2.90 bits per heavy atom. The van der Waals surface area contributed by atoms with Gasteiger partial charge in [-0.15, -0.1) is 0 Å². The first-order valence-electron chi connectivity index (χ1n) is 6.13. The summed E-state index contributed by atoms with van der Waals surface area (Å²) < 4.78 is 0. The molecule has 4 heteroatoms. The summed E-state index contributed by atoms with van der Waals surface area (Å²) in [5, 5.41) is 11.4. The number of aryl methyl sites for hydroxylation is 1. The normalized spacial score (nSPS) is 9.50. The van der Waals surface area contributed by atoms with E-state index in [9.17, 15) is 4.79 Å². The van der Waals surface area contributed by atoms with Gasteiger partial charge in [0.05, 0.1) is 11.9 Å². The summed E-state index contributed by atoms with van der Waals surface area (Å²) in [5.74, 6) is 5.10. The summed E-state index contributed by atoms with van der Waals surface area (Å²) in [6.45, 7) is 1.68. The van der Waals surface area contributed by atoms with E-state index >= 15 is 0 Å². The lowest BCUT2D eigenvalue weighted by Gasteiger charge is -2.05. The van der Waals surface area contributed by atoms with Gasteiger partial charge < -0.3 is 10.4 Å². The number of amides is 1. The third-order valence-corrected chi connectivity index (χ3v) is 2.61. The molecular weight excluding hydrogens is 252 g/mol. The Morgan fingerprint density at radius 1 is 1.35 bits per heavy atom. The molecule has 0 radical (unpaired) electrons. The number of carbonyl (C=O) groups excluding carboxylic acids is 1. The molecule has 0 atom stereocenters. The van der Waals surface area contributed by atoms with Crippen LogP contribution in [0.15, 0.2) is 42.6 Å². The van der Waals surface area contributed by atoms with Crippen molar-refractivity contribution >= 4 is 11.6 Å². The summed E-state index contributed by atoms with van der Waals surface area (Å²) in [6, 6.07) is 10.6. The third kappa shape index (κ3) is 3.67. The Hall–Kier alpha value is -2.64. The number of benzene rings is 1. The van der Waals surface area contributed by atoms with Crippen LogP contribution < -0.4 is 5.32 Å². The van der Waals surface area contributed by atoms with Crippen LogP contribution in [0.25, 0.3) is 0 Å². The van der Waals surface area contributed by atoms with Crippen molar-refractivity contribution in [2.45, 2.75) is 6.92 Å². The largest absolute Gasteiger partial charge is 0.384 e. The molecule has 2 aromatic rings. The molecule has 0 unspecified atom stereocenters. The highest BCUT2D eigenvalue weighted by molar-refractivity contribution is 6.04. The summed E-state index contributed by atoms with van der Waals surface area (Å²) in [6.07, 6.45) is 1.61. The molecule has 0 saturated carbocycles. The molecule has 0 saturated heterocycles. The molecule has 0 fully saturated rings. The molecule has 1 aromatic carbocycles. The van der Waals surface area contributed by atoms with E-state index in [-0.39, 0.29) is 12.5 Å². The van der Waals surface area contributed by atoms with Crippen LogP contribution in [-0.4, -0.2) is 22.6 Å². The van der Waals surface area contributed by atoms with Gasteiger partial charge in [0, 0.05) is 16.8 Å². The highest BCUT2D eigenvalue weighted by Crippen LogP contribution is 2.10. The van der Waals surface area contributed by atoms with E-state index in [4.69, 9.17) is 5.11 Å². The fourth-order valence-corrected chi connectivity index (χ4v) is 1.62. The lowest BCUT2D eigenvalue weighted by Crippen LogP contribution is -2.12. The maximum Gasteiger partial charge on any atom is 0.255 e. The van der Waals surface area contributed by atoms with Crippen molar-refractivity contribution in [2.24, 2.45) is 0 Å². The molecule has 20 heavy (non-hydrogen) atoms. The van der Waals surface area contributed by atoms with Gasteiger partial charge in [0.2, 0.25) is 0 Å². The highest BCUT2D eigenvalue weighted by Gasteiger charge is 2.06. The standard InChI is InChI=1S/C16H14N2O2/c1-12-7-8-15(11-17-12)18-16(20)14-6-2-4-13(10-14)5-3-9-19/h2,4,6-8,10-11,19H,9H2,1H3,(H,18,20). The predicted octanol–water partition coefficient (Wildman–Crippen LogP) is 1.99. The van der Waals surface area contributed by atoms with Crippen LogP contribution in [0, 0.1) is 18.8 Å². The third-order valence-electron chi connectivity index (χ3n) is 2.61. The van der Waals surface area contributed by atoms with Crippen LogP contribution in [0.4, 0.5) is 5.69 Å². The Kier molecular flexibility index (Phi) is 4.48. The Bertz CT molecular complexity index is 667. The molecule has 4 nitrogen and oxygen atoms in total. The van der Waals surface area contributed by atoms with E-state index in [0.717, 1.165) is 5.69 Å². The second-order valence-corrected chi connectivity index (χ2v) is 4.18. The average molecular weight is 266 g/mol. The maximum absolute atomic E-state index is 12.1. The zero-order chi connectivity index (χ0) is 14.4. The number of nitrogens with one attached hydrogen (secondary N) is 1. The van der Waals surface area contributed by atoms with Crippen molar-refractivity contribution in [3.05, 3.63) is 59.4 Å². The summed E-state index contributed by atoms with van der Waals surface area (Å²) in [4.78, 5) is 16.2. The lowest BCUT2D eigenvalue weighted by molar-refractivity contribution is 0.102. The maximum atomic E-state index is 12.1. The summed E-state index contributed by atoms with van der Waals surface area (Å²) >= 11 is 0. The van der Waals surface area contributed by atoms with Crippen molar-refractivity contribution < 1.29 is 9.90 Å². The number of nitrogens with zero attached hydrogens (tertiary/aromatic N) is 1. The molecule has 0 aliphatic heterocycles. The quantitative estimate of drug-likeness (QED) is 0.817. The van der Waals surface area contributed by atoms with Crippen LogP contribution >= 0.6 is 0 Å². The Balaban J connectivity index is 2.14. The van der Waals surface area contributed by atoms with Gasteiger partial charge in [-0.05, 0) is 37.3 Å². The number of hydrogen-bond donors (Lipinski definition) is 2. The number of carbonyl (C=O) groups is 1. The van der Waals surface area contributed by atoms with Crippen molar-refractivity contribution in [3.63, 3.8) is 0 Å². The van der Waals surface area contributed by atoms with E-state index in [0.29, 0.717) is 16.8 Å². The van der Waals surface area contributed by atoms with E-state index in [2.05, 4.69) is 22.1 Å². The van der Waals surface area contributed by atoms with Crippen molar-refractivity contribution in [1.29, 1.82) is 0 Å². The van der Waals surface area contributed by atoms with Gasteiger partial charge in [0.25, 0.3) is 5.91 Å². The first kappa shape index (κ1) is 13.8. The SMILES string of the molecule is Cc1ccc(NC(=O)c2cccc(C#CCO)c2)cn1. The van der Waals surface area contributed by atoms with Crippen LogP contribution in [0.3, 0.4) is 0 Å². The first-order valence-corrected chi connectivity index (χ1v) is 6.13. The van der Waals surface area contributed by atoms with Gasteiger partial charge >= 0.3 is 0 Å². The molecule has 0 aliphatic carbocycles. The molecular formula is C16H14N2O2. The zero-order valence-corrected chi connectivity index (χ0v) is 11.1. The van der Waals surface area contributed by atoms with E-state index < -0.39 is 0 Å². The van der Waals surface area contributed by atoms with Gasteiger partial charge in [-0.3, -0.25) is 9.78 Å². The molecule has 0 bridgehead atoms. The number of aliphatic hydroxyl groups excluding tert-OH is 1. The molecule has 2 rings (SSSR count). The van der Waals surface area contributed by atoms with Crippen LogP contribution in [-0.2, 0) is 0 Å². The molecule has 100 valence electrons. The van der Waals surface area contributed by atoms with Gasteiger partial charge in [0.1, 0.15) is 6.61 Å². The van der Waals surface area contributed by atoms with Crippen molar-refractivity contribution in [2.75, 3.05) is 11.9 Å². The van der Waals surface area contributed by atoms with Crippen LogP contribution in [0.2, 0.25) is 0 Å². The van der Waals surface area contributed by atoms with Crippen molar-refractivity contribution in [3.8, 4) is 11.8 Å². The highest BCUT2D eigenvalue weighted by atomic mass is 16.2. The lowest BCUT2D eigenvalue weighted by atomic mass is 10.1. The topological polar surface area (TPSA) is 62.2 Å². The van der Waals surface area contributed by atoms with E-state index in [1.165, 1.54) is 0 Å². The number of hydrogen-bond acceptors (Lipinski definition) is 3. The first-order chi connectivity index (χ1) is 9.69. The summed E-state index contributed by atoms with van der Waals surface area (Å²) in [7, 11) is 0. The smallest absolute Gasteiger partial charge is 0.255 e. The van der Waals surface area contributed by atoms with Gasteiger partial charge in [-0.1, -0.05) is 17.9 Å². The monoisotopic (exact) mass is 266 g/mol. The number of rotatable bonds is 2. The predicted molar refractivity (Wildman–Crippen MR) is 77.3 cm³/mol. The molecule has 2 N–H and O–H groups in total. The van der Waals surface area contributed by atoms with Crippen LogP contribution in [0.1, 0.15) is 21.6 Å². The molecule has 1 heterocycles. The second kappa shape index (κ2) is 6.50. The number of pyridine rings is 1. The number of aliphatic hydroxyl groups is 1. The minimum Gasteiger partial charge on any atom is -0.384 e.